The van der Waals surface area contributed by atoms with Crippen LogP contribution in [0.5, 0.6) is 0 Å². The van der Waals surface area contributed by atoms with Gasteiger partial charge in [-0.3, -0.25) is 4.68 Å². The van der Waals surface area contributed by atoms with Crippen LogP contribution in [0.4, 0.5) is 0 Å². The summed E-state index contributed by atoms with van der Waals surface area (Å²) in [6.45, 7) is 1.76. The number of thiophene rings is 1. The molecule has 1 atom stereocenters. The highest BCUT2D eigenvalue weighted by Crippen LogP contribution is 2.31. The van der Waals surface area contributed by atoms with Gasteiger partial charge in [0.15, 0.2) is 0 Å². The zero-order valence-electron chi connectivity index (χ0n) is 10.8. The van der Waals surface area contributed by atoms with Crippen molar-refractivity contribution < 1.29 is 0 Å². The Morgan fingerprint density at radius 1 is 1.47 bits per heavy atom. The van der Waals surface area contributed by atoms with Crippen molar-refractivity contribution in [3.8, 4) is 0 Å². The number of likely N-dealkylation sites (N-methyl/N-ethyl adjacent to an activating group) is 1. The van der Waals surface area contributed by atoms with Gasteiger partial charge >= 0.3 is 0 Å². The van der Waals surface area contributed by atoms with Crippen molar-refractivity contribution in [1.29, 1.82) is 0 Å². The van der Waals surface area contributed by atoms with Crippen LogP contribution in [0.3, 0.4) is 0 Å². The first-order valence-electron chi connectivity index (χ1n) is 5.84. The predicted molar refractivity (Wildman–Crippen MR) is 86.5 cm³/mol. The van der Waals surface area contributed by atoms with Gasteiger partial charge in [-0.05, 0) is 63.0 Å². The molecule has 0 radical (unpaired) electrons. The standard InChI is InChI=1S/C12H16Br2N4S/c1-17(2)3-4-18-12(9(13)6-16-18)11(15)8-5-10(14)19-7-8/h5-7,11H,3-4,15H2,1-2H3. The van der Waals surface area contributed by atoms with E-state index in [0.29, 0.717) is 0 Å². The summed E-state index contributed by atoms with van der Waals surface area (Å²) in [7, 11) is 4.10. The van der Waals surface area contributed by atoms with Gasteiger partial charge in [0, 0.05) is 6.54 Å². The number of nitrogens with zero attached hydrogens (tertiary/aromatic N) is 3. The van der Waals surface area contributed by atoms with E-state index < -0.39 is 0 Å². The number of rotatable bonds is 5. The summed E-state index contributed by atoms with van der Waals surface area (Å²) in [6.07, 6.45) is 1.81. The zero-order valence-corrected chi connectivity index (χ0v) is 14.8. The zero-order chi connectivity index (χ0) is 14.0. The molecule has 0 aliphatic heterocycles. The van der Waals surface area contributed by atoms with Crippen LogP contribution in [-0.2, 0) is 6.54 Å². The van der Waals surface area contributed by atoms with Gasteiger partial charge in [0.25, 0.3) is 0 Å². The average molecular weight is 408 g/mol. The van der Waals surface area contributed by atoms with Crippen molar-refractivity contribution in [2.75, 3.05) is 20.6 Å². The Hall–Kier alpha value is -0.210. The lowest BCUT2D eigenvalue weighted by Gasteiger charge is -2.16. The normalized spacial score (nSPS) is 13.2. The second kappa shape index (κ2) is 6.49. The van der Waals surface area contributed by atoms with Crippen LogP contribution in [0.1, 0.15) is 17.3 Å². The summed E-state index contributed by atoms with van der Waals surface area (Å²) in [6, 6.07) is 1.90. The molecule has 0 bridgehead atoms. The monoisotopic (exact) mass is 406 g/mol. The molecule has 0 aliphatic rings. The fourth-order valence-corrected chi connectivity index (χ4v) is 3.55. The third-order valence-electron chi connectivity index (χ3n) is 2.83. The molecule has 104 valence electrons. The molecule has 0 amide bonds. The molecule has 0 saturated heterocycles. The van der Waals surface area contributed by atoms with Crippen LogP contribution in [0.25, 0.3) is 0 Å². The molecule has 0 aliphatic carbocycles. The minimum absolute atomic E-state index is 0.165. The van der Waals surface area contributed by atoms with E-state index in [2.05, 4.69) is 53.3 Å². The maximum absolute atomic E-state index is 6.36. The van der Waals surface area contributed by atoms with Crippen LogP contribution >= 0.6 is 43.2 Å². The maximum Gasteiger partial charge on any atom is 0.0743 e. The van der Waals surface area contributed by atoms with Crippen LogP contribution in [0.2, 0.25) is 0 Å². The fraction of sp³-hybridized carbons (Fsp3) is 0.417. The molecule has 1 unspecified atom stereocenters. The molecular formula is C12H16Br2N4S. The molecule has 19 heavy (non-hydrogen) atoms. The molecule has 0 aromatic carbocycles. The molecule has 2 N–H and O–H groups in total. The van der Waals surface area contributed by atoms with E-state index in [-0.39, 0.29) is 6.04 Å². The van der Waals surface area contributed by atoms with E-state index in [0.717, 1.165) is 32.6 Å². The molecule has 2 aromatic heterocycles. The number of halogens is 2. The molecule has 7 heteroatoms. The summed E-state index contributed by atoms with van der Waals surface area (Å²) in [4.78, 5) is 2.13. The maximum atomic E-state index is 6.36. The first-order valence-corrected chi connectivity index (χ1v) is 8.31. The van der Waals surface area contributed by atoms with Crippen LogP contribution in [-0.4, -0.2) is 35.3 Å². The van der Waals surface area contributed by atoms with Crippen LogP contribution < -0.4 is 5.73 Å². The topological polar surface area (TPSA) is 47.1 Å². The SMILES string of the molecule is CN(C)CCn1ncc(Br)c1C(N)c1csc(Br)c1. The first-order chi connectivity index (χ1) is 8.99. The van der Waals surface area contributed by atoms with E-state index in [1.165, 1.54) is 0 Å². The van der Waals surface area contributed by atoms with Gasteiger partial charge in [-0.2, -0.15) is 5.10 Å². The number of aromatic nitrogens is 2. The molecule has 0 saturated carbocycles. The number of hydrogen-bond donors (Lipinski definition) is 1. The third kappa shape index (κ3) is 3.66. The molecule has 2 rings (SSSR count). The second-order valence-corrected chi connectivity index (χ2v) is 7.71. The lowest BCUT2D eigenvalue weighted by Crippen LogP contribution is -2.23. The Kier molecular flexibility index (Phi) is 5.19. The first kappa shape index (κ1) is 15.2. The van der Waals surface area contributed by atoms with E-state index >= 15 is 0 Å². The molecule has 0 fully saturated rings. The van der Waals surface area contributed by atoms with Gasteiger partial charge in [0.1, 0.15) is 0 Å². The summed E-state index contributed by atoms with van der Waals surface area (Å²) in [5.74, 6) is 0. The Bertz CT molecular complexity index is 550. The van der Waals surface area contributed by atoms with Gasteiger partial charge in [-0.1, -0.05) is 0 Å². The molecule has 4 nitrogen and oxygen atoms in total. The number of nitrogens with two attached hydrogens (primary N) is 1. The van der Waals surface area contributed by atoms with Crippen LogP contribution in [0, 0.1) is 0 Å². The Morgan fingerprint density at radius 2 is 2.21 bits per heavy atom. The van der Waals surface area contributed by atoms with Crippen molar-refractivity contribution in [2.24, 2.45) is 5.73 Å². The lowest BCUT2D eigenvalue weighted by molar-refractivity contribution is 0.368. The van der Waals surface area contributed by atoms with E-state index in [1.54, 1.807) is 11.3 Å². The summed E-state index contributed by atoms with van der Waals surface area (Å²) in [5, 5.41) is 6.47. The second-order valence-electron chi connectivity index (χ2n) is 4.57. The predicted octanol–water partition coefficient (Wildman–Crippen LogP) is 3.08. The van der Waals surface area contributed by atoms with E-state index in [1.807, 2.05) is 25.0 Å². The third-order valence-corrected chi connectivity index (χ3v) is 4.97. The smallest absolute Gasteiger partial charge is 0.0743 e. The highest BCUT2D eigenvalue weighted by molar-refractivity contribution is 9.11. The highest BCUT2D eigenvalue weighted by atomic mass is 79.9. The Balaban J connectivity index is 2.25. The average Bonchev–Trinajstić information content (AvgIpc) is 2.92. The number of hydrogen-bond acceptors (Lipinski definition) is 4. The minimum atomic E-state index is -0.165. The summed E-state index contributed by atoms with van der Waals surface area (Å²) in [5.41, 5.74) is 8.49. The van der Waals surface area contributed by atoms with Gasteiger partial charge in [0.05, 0.1) is 32.7 Å². The van der Waals surface area contributed by atoms with Gasteiger partial charge in [0.2, 0.25) is 0 Å². The van der Waals surface area contributed by atoms with Gasteiger partial charge in [-0.15, -0.1) is 11.3 Å². The quantitative estimate of drug-likeness (QED) is 0.828. The Morgan fingerprint density at radius 3 is 2.79 bits per heavy atom. The largest absolute Gasteiger partial charge is 0.319 e. The van der Waals surface area contributed by atoms with Crippen molar-refractivity contribution in [3.63, 3.8) is 0 Å². The molecule has 2 aromatic rings. The molecule has 0 spiro atoms. The van der Waals surface area contributed by atoms with E-state index in [9.17, 15) is 0 Å². The Labute approximate surface area is 133 Å². The lowest BCUT2D eigenvalue weighted by atomic mass is 10.1. The molecular weight excluding hydrogens is 392 g/mol. The molecule has 2 heterocycles. The van der Waals surface area contributed by atoms with Gasteiger partial charge < -0.3 is 10.6 Å². The van der Waals surface area contributed by atoms with Crippen LogP contribution in [0.15, 0.2) is 25.9 Å². The van der Waals surface area contributed by atoms with Crippen molar-refractivity contribution in [1.82, 2.24) is 14.7 Å². The minimum Gasteiger partial charge on any atom is -0.319 e. The summed E-state index contributed by atoms with van der Waals surface area (Å²) >= 11 is 8.66. The van der Waals surface area contributed by atoms with Crippen molar-refractivity contribution in [3.05, 3.63) is 37.2 Å². The van der Waals surface area contributed by atoms with Gasteiger partial charge in [-0.25, -0.2) is 0 Å². The van der Waals surface area contributed by atoms with Crippen molar-refractivity contribution >= 4 is 43.2 Å². The highest BCUT2D eigenvalue weighted by Gasteiger charge is 2.19. The fourth-order valence-electron chi connectivity index (χ4n) is 1.80. The van der Waals surface area contributed by atoms with E-state index in [4.69, 9.17) is 5.73 Å². The summed E-state index contributed by atoms with van der Waals surface area (Å²) < 4.78 is 4.02. The van der Waals surface area contributed by atoms with Crippen molar-refractivity contribution in [2.45, 2.75) is 12.6 Å².